The molecule has 1 heterocycles. The van der Waals surface area contributed by atoms with Crippen molar-refractivity contribution >= 4 is 28.5 Å². The smallest absolute Gasteiger partial charge is 0.338 e. The number of nitrogens with one attached hydrogen (secondary N) is 1. The van der Waals surface area contributed by atoms with E-state index in [2.05, 4.69) is 18.3 Å². The SMILES string of the molecule is CCOC(=O)c1ccc(NC(=O)c2oc3ccc(CC)cc3c2C)cc1. The highest BCUT2D eigenvalue weighted by molar-refractivity contribution is 6.06. The molecule has 26 heavy (non-hydrogen) atoms. The molecule has 2 aromatic carbocycles. The van der Waals surface area contributed by atoms with Gasteiger partial charge in [-0.25, -0.2) is 4.79 Å². The van der Waals surface area contributed by atoms with Gasteiger partial charge in [-0.15, -0.1) is 0 Å². The minimum absolute atomic E-state index is 0.294. The summed E-state index contributed by atoms with van der Waals surface area (Å²) in [6, 6.07) is 12.5. The molecule has 0 spiro atoms. The van der Waals surface area contributed by atoms with Crippen molar-refractivity contribution in [3.05, 3.63) is 64.9 Å². The zero-order valence-electron chi connectivity index (χ0n) is 15.1. The number of hydrogen-bond donors (Lipinski definition) is 1. The van der Waals surface area contributed by atoms with Crippen LogP contribution in [0.25, 0.3) is 11.0 Å². The average molecular weight is 351 g/mol. The molecule has 0 saturated heterocycles. The topological polar surface area (TPSA) is 68.5 Å². The third-order valence-corrected chi connectivity index (χ3v) is 4.27. The number of carbonyl (C=O) groups excluding carboxylic acids is 2. The Labute approximate surface area is 152 Å². The van der Waals surface area contributed by atoms with E-state index < -0.39 is 0 Å². The number of benzene rings is 2. The Morgan fingerprint density at radius 3 is 2.46 bits per heavy atom. The Bertz CT molecular complexity index is 954. The second kappa shape index (κ2) is 7.44. The quantitative estimate of drug-likeness (QED) is 0.675. The van der Waals surface area contributed by atoms with E-state index in [0.29, 0.717) is 29.2 Å². The third-order valence-electron chi connectivity index (χ3n) is 4.27. The standard InChI is InChI=1S/C21H21NO4/c1-4-14-6-11-18-17(12-14)13(3)19(26-18)20(23)22-16-9-7-15(8-10-16)21(24)25-5-2/h6-12H,4-5H2,1-3H3,(H,22,23). The molecule has 0 aliphatic heterocycles. The Hall–Kier alpha value is -3.08. The summed E-state index contributed by atoms with van der Waals surface area (Å²) in [5, 5.41) is 3.75. The predicted molar refractivity (Wildman–Crippen MR) is 101 cm³/mol. The van der Waals surface area contributed by atoms with Crippen LogP contribution in [0, 0.1) is 6.92 Å². The fourth-order valence-electron chi connectivity index (χ4n) is 2.80. The first kappa shape index (κ1) is 17.7. The lowest BCUT2D eigenvalue weighted by Gasteiger charge is -2.05. The van der Waals surface area contributed by atoms with Crippen LogP contribution >= 0.6 is 0 Å². The number of furan rings is 1. The van der Waals surface area contributed by atoms with E-state index in [1.165, 1.54) is 5.56 Å². The van der Waals surface area contributed by atoms with Crippen molar-refractivity contribution in [3.63, 3.8) is 0 Å². The minimum atomic E-state index is -0.384. The number of carbonyl (C=O) groups is 2. The molecule has 0 aliphatic rings. The number of esters is 1. The lowest BCUT2D eigenvalue weighted by atomic mass is 10.1. The molecule has 0 bridgehead atoms. The van der Waals surface area contributed by atoms with Crippen LogP contribution in [0.3, 0.4) is 0 Å². The predicted octanol–water partition coefficient (Wildman–Crippen LogP) is 4.73. The highest BCUT2D eigenvalue weighted by atomic mass is 16.5. The Morgan fingerprint density at radius 1 is 1.08 bits per heavy atom. The van der Waals surface area contributed by atoms with Crippen LogP contribution in [-0.4, -0.2) is 18.5 Å². The van der Waals surface area contributed by atoms with Gasteiger partial charge < -0.3 is 14.5 Å². The Morgan fingerprint density at radius 2 is 1.81 bits per heavy atom. The fraction of sp³-hybridized carbons (Fsp3) is 0.238. The molecule has 0 saturated carbocycles. The number of fused-ring (bicyclic) bond motifs is 1. The van der Waals surface area contributed by atoms with Crippen LogP contribution < -0.4 is 5.32 Å². The first-order chi connectivity index (χ1) is 12.5. The molecule has 1 aromatic heterocycles. The van der Waals surface area contributed by atoms with Gasteiger partial charge in [0.25, 0.3) is 5.91 Å². The van der Waals surface area contributed by atoms with Crippen LogP contribution in [0.4, 0.5) is 5.69 Å². The lowest BCUT2D eigenvalue weighted by Crippen LogP contribution is -2.12. The molecule has 0 atom stereocenters. The van der Waals surface area contributed by atoms with Gasteiger partial charge in [0.15, 0.2) is 5.76 Å². The molecular weight excluding hydrogens is 330 g/mol. The van der Waals surface area contributed by atoms with Crippen LogP contribution in [0.5, 0.6) is 0 Å². The van der Waals surface area contributed by atoms with Crippen LogP contribution in [-0.2, 0) is 11.2 Å². The van der Waals surface area contributed by atoms with Gasteiger partial charge in [-0.3, -0.25) is 4.79 Å². The number of ether oxygens (including phenoxy) is 1. The fourth-order valence-corrected chi connectivity index (χ4v) is 2.80. The molecule has 0 aliphatic carbocycles. The van der Waals surface area contributed by atoms with Crippen molar-refractivity contribution in [2.75, 3.05) is 11.9 Å². The largest absolute Gasteiger partial charge is 0.462 e. The molecule has 5 nitrogen and oxygen atoms in total. The molecule has 1 N–H and O–H groups in total. The van der Waals surface area contributed by atoms with Gasteiger partial charge in [0.2, 0.25) is 0 Å². The van der Waals surface area contributed by atoms with E-state index in [1.807, 2.05) is 19.1 Å². The van der Waals surface area contributed by atoms with Gasteiger partial charge in [0.1, 0.15) is 5.58 Å². The summed E-state index contributed by atoms with van der Waals surface area (Å²) in [6.07, 6.45) is 0.926. The Balaban J connectivity index is 1.81. The van der Waals surface area contributed by atoms with Gasteiger partial charge in [0, 0.05) is 16.6 Å². The van der Waals surface area contributed by atoms with Crippen LogP contribution in [0.2, 0.25) is 0 Å². The van der Waals surface area contributed by atoms with Crippen LogP contribution in [0.15, 0.2) is 46.9 Å². The van der Waals surface area contributed by atoms with E-state index in [9.17, 15) is 9.59 Å². The maximum Gasteiger partial charge on any atom is 0.338 e. The van der Waals surface area contributed by atoms with Crippen molar-refractivity contribution in [2.45, 2.75) is 27.2 Å². The highest BCUT2D eigenvalue weighted by Crippen LogP contribution is 2.27. The van der Waals surface area contributed by atoms with Crippen LogP contribution in [0.1, 0.15) is 45.9 Å². The molecule has 0 radical (unpaired) electrons. The van der Waals surface area contributed by atoms with Gasteiger partial charge >= 0.3 is 5.97 Å². The molecule has 3 rings (SSSR count). The second-order valence-electron chi connectivity index (χ2n) is 5.99. The Kier molecular flexibility index (Phi) is 5.07. The highest BCUT2D eigenvalue weighted by Gasteiger charge is 2.18. The summed E-state index contributed by atoms with van der Waals surface area (Å²) in [5.41, 5.74) is 3.73. The lowest BCUT2D eigenvalue weighted by molar-refractivity contribution is 0.0526. The van der Waals surface area contributed by atoms with E-state index in [4.69, 9.17) is 9.15 Å². The molecule has 3 aromatic rings. The van der Waals surface area contributed by atoms with Crippen molar-refractivity contribution in [3.8, 4) is 0 Å². The van der Waals surface area contributed by atoms with E-state index in [-0.39, 0.29) is 11.9 Å². The summed E-state index contributed by atoms with van der Waals surface area (Å²) in [7, 11) is 0. The minimum Gasteiger partial charge on any atom is -0.462 e. The number of rotatable bonds is 5. The van der Waals surface area contributed by atoms with E-state index in [0.717, 1.165) is 17.4 Å². The van der Waals surface area contributed by atoms with Crippen molar-refractivity contribution in [1.82, 2.24) is 0 Å². The molecule has 5 heteroatoms. The molecule has 134 valence electrons. The maximum absolute atomic E-state index is 12.6. The molecular formula is C21H21NO4. The van der Waals surface area contributed by atoms with Gasteiger partial charge in [0.05, 0.1) is 12.2 Å². The number of hydrogen-bond acceptors (Lipinski definition) is 4. The summed E-state index contributed by atoms with van der Waals surface area (Å²) >= 11 is 0. The molecule has 0 fully saturated rings. The zero-order chi connectivity index (χ0) is 18.7. The monoisotopic (exact) mass is 351 g/mol. The number of aryl methyl sites for hydroxylation is 2. The average Bonchev–Trinajstić information content (AvgIpc) is 2.98. The van der Waals surface area contributed by atoms with Crippen molar-refractivity contribution in [2.24, 2.45) is 0 Å². The number of amides is 1. The van der Waals surface area contributed by atoms with Gasteiger partial charge in [-0.1, -0.05) is 13.0 Å². The summed E-state index contributed by atoms with van der Waals surface area (Å²) < 4.78 is 10.7. The number of anilines is 1. The maximum atomic E-state index is 12.6. The summed E-state index contributed by atoms with van der Waals surface area (Å²) in [6.45, 7) is 6.04. The molecule has 0 unspecified atom stereocenters. The van der Waals surface area contributed by atoms with E-state index >= 15 is 0 Å². The third kappa shape index (κ3) is 3.47. The van der Waals surface area contributed by atoms with E-state index in [1.54, 1.807) is 31.2 Å². The van der Waals surface area contributed by atoms with Gasteiger partial charge in [-0.2, -0.15) is 0 Å². The van der Waals surface area contributed by atoms with Crippen molar-refractivity contribution in [1.29, 1.82) is 0 Å². The van der Waals surface area contributed by atoms with Gasteiger partial charge in [-0.05, 0) is 62.2 Å². The first-order valence-corrected chi connectivity index (χ1v) is 8.64. The zero-order valence-corrected chi connectivity index (χ0v) is 15.1. The summed E-state index contributed by atoms with van der Waals surface area (Å²) in [5.74, 6) is -0.409. The first-order valence-electron chi connectivity index (χ1n) is 8.64. The molecule has 1 amide bonds. The van der Waals surface area contributed by atoms with Crippen molar-refractivity contribution < 1.29 is 18.7 Å². The second-order valence-corrected chi connectivity index (χ2v) is 5.99. The normalized spacial score (nSPS) is 10.7. The summed E-state index contributed by atoms with van der Waals surface area (Å²) in [4.78, 5) is 24.3.